The third-order valence-corrected chi connectivity index (χ3v) is 6.60. The number of aromatic carboxylic acids is 1. The number of benzene rings is 1. The molecule has 7 heteroatoms. The van der Waals surface area contributed by atoms with Crippen molar-refractivity contribution in [2.75, 3.05) is 6.26 Å². The van der Waals surface area contributed by atoms with Crippen LogP contribution in [0.1, 0.15) is 35.2 Å². The topological polar surface area (TPSA) is 83.5 Å². The van der Waals surface area contributed by atoms with E-state index in [1.165, 1.54) is 25.1 Å². The lowest BCUT2D eigenvalue weighted by atomic mass is 10.1. The van der Waals surface area contributed by atoms with Gasteiger partial charge in [0.2, 0.25) is 10.0 Å². The molecule has 0 aromatic heterocycles. The SMILES string of the molecule is CSC1CCC(NS(=O)(=O)c2cccc(C(=O)O)c2C)C1. The van der Waals surface area contributed by atoms with Crippen molar-refractivity contribution in [2.45, 2.75) is 42.4 Å². The molecule has 0 bridgehead atoms. The minimum Gasteiger partial charge on any atom is -0.478 e. The highest BCUT2D eigenvalue weighted by molar-refractivity contribution is 7.99. The van der Waals surface area contributed by atoms with Crippen molar-refractivity contribution < 1.29 is 18.3 Å². The number of hydrogen-bond donors (Lipinski definition) is 2. The average Bonchev–Trinajstić information content (AvgIpc) is 2.85. The number of sulfonamides is 1. The third-order valence-electron chi connectivity index (χ3n) is 3.84. The summed E-state index contributed by atoms with van der Waals surface area (Å²) >= 11 is 1.75. The number of carboxylic acids is 1. The minimum atomic E-state index is -3.68. The molecule has 0 heterocycles. The Hall–Kier alpha value is -1.05. The Bertz CT molecular complexity index is 642. The molecule has 1 aliphatic rings. The molecule has 0 spiro atoms. The minimum absolute atomic E-state index is 0.0197. The fraction of sp³-hybridized carbons (Fsp3) is 0.500. The molecule has 0 amide bonds. The summed E-state index contributed by atoms with van der Waals surface area (Å²) in [6, 6.07) is 4.26. The van der Waals surface area contributed by atoms with Gasteiger partial charge in [0.25, 0.3) is 0 Å². The van der Waals surface area contributed by atoms with E-state index in [0.717, 1.165) is 19.3 Å². The maximum atomic E-state index is 12.5. The van der Waals surface area contributed by atoms with Crippen molar-refractivity contribution in [1.29, 1.82) is 0 Å². The first-order valence-corrected chi connectivity index (χ1v) is 9.50. The van der Waals surface area contributed by atoms with Crippen LogP contribution in [0.15, 0.2) is 23.1 Å². The van der Waals surface area contributed by atoms with Crippen LogP contribution in [0.4, 0.5) is 0 Å². The fourth-order valence-corrected chi connectivity index (χ4v) is 5.03. The standard InChI is InChI=1S/C14H19NO4S2/c1-9-12(14(16)17)4-3-5-13(9)21(18,19)15-10-6-7-11(8-10)20-2/h3-5,10-11,15H,6-8H2,1-2H3,(H,16,17). The van der Waals surface area contributed by atoms with Crippen LogP contribution in [0, 0.1) is 6.92 Å². The second-order valence-electron chi connectivity index (χ2n) is 5.22. The summed E-state index contributed by atoms with van der Waals surface area (Å²) in [6.07, 6.45) is 4.67. The number of hydrogen-bond acceptors (Lipinski definition) is 4. The van der Waals surface area contributed by atoms with E-state index in [1.807, 2.05) is 6.26 Å². The van der Waals surface area contributed by atoms with Crippen LogP contribution in [-0.2, 0) is 10.0 Å². The highest BCUT2D eigenvalue weighted by atomic mass is 32.2. The Morgan fingerprint density at radius 3 is 2.67 bits per heavy atom. The van der Waals surface area contributed by atoms with Gasteiger partial charge in [0, 0.05) is 11.3 Å². The van der Waals surface area contributed by atoms with Crippen molar-refractivity contribution in [3.8, 4) is 0 Å². The lowest BCUT2D eigenvalue weighted by Gasteiger charge is -2.15. The molecule has 1 aromatic rings. The van der Waals surface area contributed by atoms with Crippen molar-refractivity contribution in [3.63, 3.8) is 0 Å². The van der Waals surface area contributed by atoms with Gasteiger partial charge in [0.05, 0.1) is 10.5 Å². The van der Waals surface area contributed by atoms with Crippen molar-refractivity contribution in [2.24, 2.45) is 0 Å². The van der Waals surface area contributed by atoms with Gasteiger partial charge < -0.3 is 5.11 Å². The number of carboxylic acid groups (broad SMARTS) is 1. The Morgan fingerprint density at radius 1 is 1.38 bits per heavy atom. The van der Waals surface area contributed by atoms with Gasteiger partial charge in [-0.2, -0.15) is 11.8 Å². The summed E-state index contributed by atoms with van der Waals surface area (Å²) in [5.74, 6) is -1.12. The molecular formula is C14H19NO4S2. The zero-order chi connectivity index (χ0) is 15.6. The Morgan fingerprint density at radius 2 is 2.10 bits per heavy atom. The van der Waals surface area contributed by atoms with Gasteiger partial charge in [-0.15, -0.1) is 0 Å². The molecule has 1 fully saturated rings. The summed E-state index contributed by atoms with van der Waals surface area (Å²) in [4.78, 5) is 11.2. The first-order valence-electron chi connectivity index (χ1n) is 6.73. The molecule has 2 rings (SSSR count). The van der Waals surface area contributed by atoms with Crippen LogP contribution < -0.4 is 4.72 Å². The maximum Gasteiger partial charge on any atom is 0.335 e. The molecule has 1 aromatic carbocycles. The molecule has 5 nitrogen and oxygen atoms in total. The summed E-state index contributed by atoms with van der Waals surface area (Å²) in [7, 11) is -3.68. The van der Waals surface area contributed by atoms with E-state index in [2.05, 4.69) is 4.72 Å². The van der Waals surface area contributed by atoms with Gasteiger partial charge in [-0.05, 0) is 50.1 Å². The second-order valence-corrected chi connectivity index (χ2v) is 8.04. The van der Waals surface area contributed by atoms with Crippen molar-refractivity contribution in [3.05, 3.63) is 29.3 Å². The summed E-state index contributed by atoms with van der Waals surface area (Å²) < 4.78 is 27.6. The average molecular weight is 329 g/mol. The third kappa shape index (κ3) is 3.59. The van der Waals surface area contributed by atoms with Gasteiger partial charge in [0.1, 0.15) is 0 Å². The maximum absolute atomic E-state index is 12.5. The molecular weight excluding hydrogens is 310 g/mol. The van der Waals surface area contributed by atoms with Crippen molar-refractivity contribution in [1.82, 2.24) is 4.72 Å². The fourth-order valence-electron chi connectivity index (χ4n) is 2.68. The predicted molar refractivity (Wildman–Crippen MR) is 83.4 cm³/mol. The molecule has 0 radical (unpaired) electrons. The quantitative estimate of drug-likeness (QED) is 0.866. The lowest BCUT2D eigenvalue weighted by molar-refractivity contribution is 0.0696. The van der Waals surface area contributed by atoms with Crippen LogP contribution in [0.5, 0.6) is 0 Å². The van der Waals surface area contributed by atoms with Gasteiger partial charge >= 0.3 is 5.97 Å². The molecule has 0 saturated heterocycles. The van der Waals surface area contributed by atoms with Gasteiger partial charge in [0.15, 0.2) is 0 Å². The zero-order valence-electron chi connectivity index (χ0n) is 12.0. The van der Waals surface area contributed by atoms with E-state index in [4.69, 9.17) is 5.11 Å². The van der Waals surface area contributed by atoms with E-state index in [-0.39, 0.29) is 22.1 Å². The Labute approximate surface area is 129 Å². The van der Waals surface area contributed by atoms with E-state index in [1.54, 1.807) is 11.8 Å². The van der Waals surface area contributed by atoms with E-state index in [0.29, 0.717) is 5.25 Å². The summed E-state index contributed by atoms with van der Waals surface area (Å²) in [6.45, 7) is 1.53. The summed E-state index contributed by atoms with van der Waals surface area (Å²) in [5, 5.41) is 9.58. The van der Waals surface area contributed by atoms with Crippen LogP contribution in [0.3, 0.4) is 0 Å². The smallest absolute Gasteiger partial charge is 0.335 e. The highest BCUT2D eigenvalue weighted by Crippen LogP contribution is 2.29. The number of rotatable bonds is 5. The van der Waals surface area contributed by atoms with Gasteiger partial charge in [-0.1, -0.05) is 6.07 Å². The molecule has 116 valence electrons. The normalized spacial score (nSPS) is 22.4. The van der Waals surface area contributed by atoms with E-state index < -0.39 is 16.0 Å². The van der Waals surface area contributed by atoms with E-state index in [9.17, 15) is 13.2 Å². The van der Waals surface area contributed by atoms with Crippen LogP contribution >= 0.6 is 11.8 Å². The van der Waals surface area contributed by atoms with Gasteiger partial charge in [-0.3, -0.25) is 0 Å². The first-order chi connectivity index (χ1) is 9.85. The van der Waals surface area contributed by atoms with Crippen LogP contribution in [-0.4, -0.2) is 37.0 Å². The molecule has 21 heavy (non-hydrogen) atoms. The highest BCUT2D eigenvalue weighted by Gasteiger charge is 2.29. The first kappa shape index (κ1) is 16.3. The van der Waals surface area contributed by atoms with E-state index >= 15 is 0 Å². The molecule has 2 unspecified atom stereocenters. The molecule has 1 saturated carbocycles. The molecule has 2 N–H and O–H groups in total. The Balaban J connectivity index is 2.24. The Kier molecular flexibility index (Phi) is 4.95. The predicted octanol–water partition coefficient (Wildman–Crippen LogP) is 2.26. The zero-order valence-corrected chi connectivity index (χ0v) is 13.6. The molecule has 2 atom stereocenters. The second kappa shape index (κ2) is 6.37. The number of nitrogens with one attached hydrogen (secondary N) is 1. The largest absolute Gasteiger partial charge is 0.478 e. The van der Waals surface area contributed by atoms with Gasteiger partial charge in [-0.25, -0.2) is 17.9 Å². The lowest BCUT2D eigenvalue weighted by Crippen LogP contribution is -2.33. The number of carbonyl (C=O) groups is 1. The molecule has 1 aliphatic carbocycles. The monoisotopic (exact) mass is 329 g/mol. The van der Waals surface area contributed by atoms with Crippen molar-refractivity contribution >= 4 is 27.8 Å². The molecule has 0 aliphatic heterocycles. The number of thioether (sulfide) groups is 1. The van der Waals surface area contributed by atoms with Crippen LogP contribution in [0.2, 0.25) is 0 Å². The van der Waals surface area contributed by atoms with Crippen LogP contribution in [0.25, 0.3) is 0 Å². The summed E-state index contributed by atoms with van der Waals surface area (Å²) in [5.41, 5.74) is 0.295.